The summed E-state index contributed by atoms with van der Waals surface area (Å²) in [4.78, 5) is 28.0. The number of esters is 1. The number of allylic oxidation sites excluding steroid dienone is 1. The van der Waals surface area contributed by atoms with Crippen LogP contribution in [0.3, 0.4) is 0 Å². The Kier molecular flexibility index (Phi) is 9.00. The van der Waals surface area contributed by atoms with Gasteiger partial charge in [0.25, 0.3) is 5.91 Å². The van der Waals surface area contributed by atoms with Crippen LogP contribution >= 0.6 is 0 Å². The van der Waals surface area contributed by atoms with Crippen LogP contribution in [0.4, 0.5) is 0 Å². The van der Waals surface area contributed by atoms with Crippen molar-refractivity contribution in [3.63, 3.8) is 0 Å². The molecule has 2 aromatic carbocycles. The van der Waals surface area contributed by atoms with E-state index in [1.54, 1.807) is 48.2 Å². The van der Waals surface area contributed by atoms with Crippen LogP contribution in [0.25, 0.3) is 6.08 Å². The van der Waals surface area contributed by atoms with E-state index in [4.69, 9.17) is 13.9 Å². The van der Waals surface area contributed by atoms with E-state index in [0.29, 0.717) is 30.4 Å². The van der Waals surface area contributed by atoms with Gasteiger partial charge in [-0.3, -0.25) is 4.79 Å². The molecule has 2 aliphatic heterocycles. The Hall–Kier alpha value is -3.99. The molecule has 10 heteroatoms. The summed E-state index contributed by atoms with van der Waals surface area (Å²) in [6.45, 7) is 6.69. The van der Waals surface area contributed by atoms with E-state index >= 15 is 0 Å². The van der Waals surface area contributed by atoms with Gasteiger partial charge in [0, 0.05) is 18.8 Å². The van der Waals surface area contributed by atoms with Gasteiger partial charge in [0.1, 0.15) is 11.5 Å². The van der Waals surface area contributed by atoms with Crippen molar-refractivity contribution >= 4 is 28.0 Å². The molecule has 9 nitrogen and oxygen atoms in total. The summed E-state index contributed by atoms with van der Waals surface area (Å²) < 4.78 is 45.7. The van der Waals surface area contributed by atoms with Gasteiger partial charge in [0.2, 0.25) is 10.0 Å². The fourth-order valence-electron chi connectivity index (χ4n) is 5.30. The molecule has 1 aromatic heterocycles. The molecule has 5 rings (SSSR count). The zero-order valence-corrected chi connectivity index (χ0v) is 25.6. The molecule has 3 aromatic rings. The second-order valence-electron chi connectivity index (χ2n) is 10.9. The van der Waals surface area contributed by atoms with E-state index in [1.807, 2.05) is 38.1 Å². The lowest BCUT2D eigenvalue weighted by Gasteiger charge is -2.22. The Morgan fingerprint density at radius 2 is 1.67 bits per heavy atom. The van der Waals surface area contributed by atoms with Crippen molar-refractivity contribution in [3.05, 3.63) is 106 Å². The predicted octanol–water partition coefficient (Wildman–Crippen LogP) is 5.14. The van der Waals surface area contributed by atoms with Gasteiger partial charge in [-0.2, -0.15) is 4.31 Å². The lowest BCUT2D eigenvalue weighted by Crippen LogP contribution is -2.33. The maximum atomic E-state index is 13.8. The molecule has 0 N–H and O–H groups in total. The summed E-state index contributed by atoms with van der Waals surface area (Å²) in [6, 6.07) is 17.8. The molecule has 0 radical (unpaired) electrons. The third-order valence-corrected chi connectivity index (χ3v) is 9.56. The van der Waals surface area contributed by atoms with Crippen LogP contribution in [0.15, 0.2) is 86.8 Å². The average Bonchev–Trinajstić information content (AvgIpc) is 3.72. The summed E-state index contributed by atoms with van der Waals surface area (Å²) in [6.07, 6.45) is 3.19. The second kappa shape index (κ2) is 12.7. The van der Waals surface area contributed by atoms with Gasteiger partial charge in [-0.25, -0.2) is 13.2 Å². The van der Waals surface area contributed by atoms with Crippen molar-refractivity contribution < 1.29 is 31.9 Å². The van der Waals surface area contributed by atoms with Crippen molar-refractivity contribution in [3.8, 4) is 0 Å². The van der Waals surface area contributed by atoms with Crippen LogP contribution in [0.5, 0.6) is 0 Å². The highest BCUT2D eigenvalue weighted by atomic mass is 32.2. The Labute approximate surface area is 252 Å². The molecule has 1 atom stereocenters. The summed E-state index contributed by atoms with van der Waals surface area (Å²) in [7, 11) is -2.61. The number of carbonyl (C=O) groups is 2. The van der Waals surface area contributed by atoms with E-state index in [2.05, 4.69) is 0 Å². The first kappa shape index (κ1) is 30.5. The van der Waals surface area contributed by atoms with Crippen molar-refractivity contribution in [1.82, 2.24) is 9.21 Å². The van der Waals surface area contributed by atoms with Gasteiger partial charge in [0.05, 0.1) is 42.3 Å². The van der Waals surface area contributed by atoms with Crippen molar-refractivity contribution in [2.24, 2.45) is 0 Å². The number of hydrogen-bond acceptors (Lipinski definition) is 7. The Morgan fingerprint density at radius 3 is 2.30 bits per heavy atom. The molecule has 0 spiro atoms. The summed E-state index contributed by atoms with van der Waals surface area (Å²) in [5.41, 5.74) is 3.70. The van der Waals surface area contributed by atoms with Crippen LogP contribution in [0.2, 0.25) is 0 Å². The largest absolute Gasteiger partial charge is 0.465 e. The fourth-order valence-corrected chi connectivity index (χ4v) is 6.69. The molecule has 3 heterocycles. The number of benzene rings is 2. The van der Waals surface area contributed by atoms with Crippen molar-refractivity contribution in [1.29, 1.82) is 0 Å². The molecular formula is C33H36N2O7S. The normalized spacial score (nSPS) is 18.3. The minimum Gasteiger partial charge on any atom is -0.465 e. The highest BCUT2D eigenvalue weighted by Crippen LogP contribution is 2.33. The average molecular weight is 605 g/mol. The molecular weight excluding hydrogens is 568 g/mol. The standard InChI is InChI=1S/C33H36N2O7S/c1-22-7-11-25(12-8-22)19-34(43(38,39)29-15-9-23(2)10-16-29)20-28-14-13-26(42-28)18-30-31(33(37)40-4)24(3)35(32(30)36)21-27-6-5-17-41-27/h7-16,18,27H,5-6,17,19-21H2,1-4H3/b30-18+/t27-/m0/s1. The Morgan fingerprint density at radius 1 is 1.00 bits per heavy atom. The van der Waals surface area contributed by atoms with Gasteiger partial charge < -0.3 is 18.8 Å². The molecule has 1 amide bonds. The van der Waals surface area contributed by atoms with Gasteiger partial charge in [-0.1, -0.05) is 47.5 Å². The van der Waals surface area contributed by atoms with Gasteiger partial charge in [-0.15, -0.1) is 0 Å². The highest BCUT2D eigenvalue weighted by molar-refractivity contribution is 7.89. The van der Waals surface area contributed by atoms with E-state index < -0.39 is 16.0 Å². The Bertz CT molecular complexity index is 1660. The quantitative estimate of drug-likeness (QED) is 0.233. The predicted molar refractivity (Wildman–Crippen MR) is 161 cm³/mol. The first-order valence-corrected chi connectivity index (χ1v) is 15.7. The van der Waals surface area contributed by atoms with Gasteiger partial charge in [-0.05, 0) is 69.5 Å². The summed E-state index contributed by atoms with van der Waals surface area (Å²) in [5, 5.41) is 0. The zero-order valence-electron chi connectivity index (χ0n) is 24.8. The monoisotopic (exact) mass is 604 g/mol. The number of aryl methyl sites for hydroxylation is 2. The maximum Gasteiger partial charge on any atom is 0.340 e. The molecule has 0 saturated carbocycles. The third-order valence-electron chi connectivity index (χ3n) is 7.75. The molecule has 226 valence electrons. The fraction of sp³-hybridized carbons (Fsp3) is 0.333. The minimum absolute atomic E-state index is 0.0366. The van der Waals surface area contributed by atoms with Crippen molar-refractivity contribution in [2.75, 3.05) is 20.3 Å². The third kappa shape index (κ3) is 6.66. The minimum atomic E-state index is -3.88. The summed E-state index contributed by atoms with van der Waals surface area (Å²) >= 11 is 0. The molecule has 2 aliphatic rings. The number of carbonyl (C=O) groups excluding carboxylic acids is 2. The number of hydrogen-bond donors (Lipinski definition) is 0. The first-order chi connectivity index (χ1) is 20.6. The molecule has 0 bridgehead atoms. The SMILES string of the molecule is COC(=O)C1=C(C)N(C[C@@H]2CCCO2)C(=O)/C1=C/c1ccc(CN(Cc2ccc(C)cc2)S(=O)(=O)c2ccc(C)cc2)o1. The van der Waals surface area contributed by atoms with Crippen LogP contribution in [-0.2, 0) is 42.2 Å². The number of amides is 1. The van der Waals surface area contributed by atoms with E-state index in [0.717, 1.165) is 29.5 Å². The lowest BCUT2D eigenvalue weighted by molar-refractivity contribution is -0.136. The van der Waals surface area contributed by atoms with Crippen molar-refractivity contribution in [2.45, 2.75) is 57.7 Å². The molecule has 0 unspecified atom stereocenters. The Balaban J connectivity index is 1.44. The van der Waals surface area contributed by atoms with Crippen LogP contribution in [0.1, 0.15) is 48.0 Å². The van der Waals surface area contributed by atoms with Crippen LogP contribution in [0, 0.1) is 13.8 Å². The number of furan rings is 1. The van der Waals surface area contributed by atoms with Crippen LogP contribution < -0.4 is 0 Å². The first-order valence-electron chi connectivity index (χ1n) is 14.2. The summed E-state index contributed by atoms with van der Waals surface area (Å²) in [5.74, 6) is -0.257. The molecule has 1 saturated heterocycles. The second-order valence-corrected chi connectivity index (χ2v) is 12.9. The zero-order chi connectivity index (χ0) is 30.7. The number of rotatable bonds is 10. The van der Waals surface area contributed by atoms with E-state index in [9.17, 15) is 18.0 Å². The number of ether oxygens (including phenoxy) is 2. The smallest absolute Gasteiger partial charge is 0.340 e. The molecule has 0 aliphatic carbocycles. The lowest BCUT2D eigenvalue weighted by atomic mass is 10.1. The number of sulfonamides is 1. The highest BCUT2D eigenvalue weighted by Gasteiger charge is 2.38. The topological polar surface area (TPSA) is 106 Å². The number of methoxy groups -OCH3 is 1. The van der Waals surface area contributed by atoms with Gasteiger partial charge in [0.15, 0.2) is 0 Å². The maximum absolute atomic E-state index is 13.8. The van der Waals surface area contributed by atoms with E-state index in [1.165, 1.54) is 17.5 Å². The van der Waals surface area contributed by atoms with Gasteiger partial charge >= 0.3 is 5.97 Å². The van der Waals surface area contributed by atoms with E-state index in [-0.39, 0.29) is 41.1 Å². The number of nitrogens with zero attached hydrogens (tertiary/aromatic N) is 2. The molecule has 1 fully saturated rings. The molecule has 43 heavy (non-hydrogen) atoms. The van der Waals surface area contributed by atoms with Crippen LogP contribution in [-0.4, -0.2) is 55.9 Å².